The molecule has 0 aromatic carbocycles. The number of hydrogen-bond donors (Lipinski definition) is 0. The Labute approximate surface area is 87.4 Å². The molecule has 0 saturated carbocycles. The molecule has 0 amide bonds. The highest BCUT2D eigenvalue weighted by atomic mass is 28.3. The van der Waals surface area contributed by atoms with Crippen LogP contribution in [-0.4, -0.2) is 21.2 Å². The molecule has 78 valence electrons. The van der Waals surface area contributed by atoms with Gasteiger partial charge in [0.25, 0.3) is 0 Å². The maximum Gasteiger partial charge on any atom is 0.384 e. The predicted octanol–water partition coefficient (Wildman–Crippen LogP) is 2.45. The monoisotopic (exact) mass is 210 g/mol. The molecule has 0 rings (SSSR count). The van der Waals surface area contributed by atoms with Gasteiger partial charge in [0, 0.05) is 20.4 Å². The van der Waals surface area contributed by atoms with Crippen molar-refractivity contribution in [1.29, 1.82) is 0 Å². The van der Waals surface area contributed by atoms with E-state index >= 15 is 0 Å². The lowest BCUT2D eigenvalue weighted by atomic mass is 10.4. The van der Waals surface area contributed by atoms with Gasteiger partial charge in [0.2, 0.25) is 0 Å². The first-order chi connectivity index (χ1) is 6.45. The molecular weight excluding hydrogens is 192 g/mol. The highest BCUT2D eigenvalue weighted by Gasteiger charge is 2.08. The summed E-state index contributed by atoms with van der Waals surface area (Å²) >= 11 is 0. The third kappa shape index (κ3) is 9.08. The van der Waals surface area contributed by atoms with Gasteiger partial charge in [-0.15, -0.1) is 0 Å². The number of carbonyl (C=O) groups is 1. The first kappa shape index (κ1) is 13.0. The van der Waals surface area contributed by atoms with Gasteiger partial charge in [-0.2, -0.15) is 0 Å². The molecule has 0 unspecified atom stereocenters. The van der Waals surface area contributed by atoms with Crippen LogP contribution in [-0.2, 0) is 9.53 Å². The van der Waals surface area contributed by atoms with Gasteiger partial charge in [-0.05, 0) is 6.04 Å². The second-order valence-electron chi connectivity index (χ2n) is 4.23. The molecule has 0 fully saturated rings. The Hall–Kier alpha value is -1.01. The van der Waals surface area contributed by atoms with Crippen LogP contribution in [0.25, 0.3) is 0 Å². The predicted molar refractivity (Wildman–Crippen MR) is 61.7 cm³/mol. The first-order valence-electron chi connectivity index (χ1n) is 4.67. The molecule has 0 spiro atoms. The number of methoxy groups -OCH3 is 1. The van der Waals surface area contributed by atoms with Crippen molar-refractivity contribution < 1.29 is 9.53 Å². The molecule has 0 aliphatic rings. The van der Waals surface area contributed by atoms with Crippen LogP contribution in [0.3, 0.4) is 0 Å². The minimum absolute atomic E-state index is 0.469. The van der Waals surface area contributed by atoms with Gasteiger partial charge in [0.15, 0.2) is 0 Å². The number of allylic oxidation sites excluding steroid dienone is 2. The number of hydrogen-bond acceptors (Lipinski definition) is 2. The molecule has 2 nitrogen and oxygen atoms in total. The van der Waals surface area contributed by atoms with E-state index in [0.717, 1.165) is 6.04 Å². The third-order valence-electron chi connectivity index (χ3n) is 1.49. The number of carbonyl (C=O) groups excluding carboxylic acids is 1. The molecule has 0 atom stereocenters. The summed E-state index contributed by atoms with van der Waals surface area (Å²) in [6, 6.07) is 1.16. The van der Waals surface area contributed by atoms with Crippen molar-refractivity contribution in [2.45, 2.75) is 32.1 Å². The Morgan fingerprint density at radius 2 is 2.00 bits per heavy atom. The van der Waals surface area contributed by atoms with E-state index in [1.165, 1.54) is 7.11 Å². The van der Waals surface area contributed by atoms with Gasteiger partial charge in [-0.1, -0.05) is 37.7 Å². The zero-order chi connectivity index (χ0) is 11.0. The molecule has 0 aliphatic heterocycles. The first-order valence-corrected chi connectivity index (χ1v) is 8.38. The van der Waals surface area contributed by atoms with Crippen LogP contribution in [0.15, 0.2) is 12.2 Å². The SMILES string of the molecule is COC(=O)C#CC/C=C/C[Si](C)(C)C. The second kappa shape index (κ2) is 6.44. The van der Waals surface area contributed by atoms with Crippen molar-refractivity contribution in [3.8, 4) is 11.8 Å². The number of rotatable bonds is 3. The molecule has 3 heteroatoms. The summed E-state index contributed by atoms with van der Waals surface area (Å²) < 4.78 is 4.38. The second-order valence-corrected chi connectivity index (χ2v) is 9.76. The van der Waals surface area contributed by atoms with Gasteiger partial charge < -0.3 is 4.74 Å². The van der Waals surface area contributed by atoms with Crippen molar-refractivity contribution in [3.05, 3.63) is 12.2 Å². The lowest BCUT2D eigenvalue weighted by Crippen LogP contribution is -2.17. The summed E-state index contributed by atoms with van der Waals surface area (Å²) in [5.41, 5.74) is 0. The lowest BCUT2D eigenvalue weighted by molar-refractivity contribution is -0.133. The minimum Gasteiger partial charge on any atom is -0.459 e. The maximum atomic E-state index is 10.6. The van der Waals surface area contributed by atoms with Crippen LogP contribution in [0.2, 0.25) is 25.7 Å². The van der Waals surface area contributed by atoms with E-state index in [4.69, 9.17) is 0 Å². The largest absolute Gasteiger partial charge is 0.459 e. The average molecular weight is 210 g/mol. The Morgan fingerprint density at radius 1 is 1.36 bits per heavy atom. The third-order valence-corrected chi connectivity index (χ3v) is 2.95. The Morgan fingerprint density at radius 3 is 2.50 bits per heavy atom. The lowest BCUT2D eigenvalue weighted by Gasteiger charge is -2.11. The molecule has 0 bridgehead atoms. The molecule has 0 saturated heterocycles. The maximum absolute atomic E-state index is 10.6. The zero-order valence-electron chi connectivity index (χ0n) is 9.39. The van der Waals surface area contributed by atoms with Crippen LogP contribution in [0.4, 0.5) is 0 Å². The van der Waals surface area contributed by atoms with Crippen LogP contribution in [0.1, 0.15) is 6.42 Å². The summed E-state index contributed by atoms with van der Waals surface area (Å²) in [5.74, 6) is 4.64. The quantitative estimate of drug-likeness (QED) is 0.235. The highest BCUT2D eigenvalue weighted by molar-refractivity contribution is 6.76. The van der Waals surface area contributed by atoms with E-state index in [9.17, 15) is 4.79 Å². The van der Waals surface area contributed by atoms with E-state index in [1.807, 2.05) is 6.08 Å². The number of ether oxygens (including phenoxy) is 1. The van der Waals surface area contributed by atoms with Crippen molar-refractivity contribution in [2.24, 2.45) is 0 Å². The van der Waals surface area contributed by atoms with Crippen LogP contribution in [0.5, 0.6) is 0 Å². The van der Waals surface area contributed by atoms with E-state index < -0.39 is 14.0 Å². The molecular formula is C11H18O2Si. The zero-order valence-corrected chi connectivity index (χ0v) is 10.4. The topological polar surface area (TPSA) is 26.3 Å². The molecule has 14 heavy (non-hydrogen) atoms. The summed E-state index contributed by atoms with van der Waals surface area (Å²) in [4.78, 5) is 10.6. The average Bonchev–Trinajstić information content (AvgIpc) is 2.08. The summed E-state index contributed by atoms with van der Waals surface area (Å²) in [7, 11) is 0.359. The van der Waals surface area contributed by atoms with Gasteiger partial charge in [0.05, 0.1) is 7.11 Å². The van der Waals surface area contributed by atoms with Crippen LogP contribution in [0, 0.1) is 11.8 Å². The Bertz CT molecular complexity index is 263. The fourth-order valence-electron chi connectivity index (χ4n) is 0.753. The fraction of sp³-hybridized carbons (Fsp3) is 0.545. The van der Waals surface area contributed by atoms with Crippen molar-refractivity contribution in [3.63, 3.8) is 0 Å². The summed E-state index contributed by atoms with van der Waals surface area (Å²) in [6.45, 7) is 6.95. The van der Waals surface area contributed by atoms with Crippen molar-refractivity contribution >= 4 is 14.0 Å². The Balaban J connectivity index is 3.72. The summed E-state index contributed by atoms with van der Waals surface area (Å²) in [6.07, 6.45) is 4.78. The standard InChI is InChI=1S/C11H18O2Si/c1-13-11(12)9-7-5-6-8-10-14(2,3)4/h6,8H,5,10H2,1-4H3/b8-6+. The molecule has 0 N–H and O–H groups in total. The summed E-state index contributed by atoms with van der Waals surface area (Å²) in [5, 5.41) is 0. The van der Waals surface area contributed by atoms with Gasteiger partial charge in [-0.3, -0.25) is 0 Å². The van der Waals surface area contributed by atoms with E-state index in [2.05, 4.69) is 42.3 Å². The van der Waals surface area contributed by atoms with Crippen LogP contribution < -0.4 is 0 Å². The molecule has 0 heterocycles. The normalized spacial score (nSPS) is 10.9. The van der Waals surface area contributed by atoms with Crippen molar-refractivity contribution in [1.82, 2.24) is 0 Å². The molecule has 0 aliphatic carbocycles. The van der Waals surface area contributed by atoms with E-state index in [-0.39, 0.29) is 0 Å². The Kier molecular flexibility index (Phi) is 5.98. The van der Waals surface area contributed by atoms with Gasteiger partial charge >= 0.3 is 5.97 Å². The molecule has 0 aromatic heterocycles. The minimum atomic E-state index is -0.973. The smallest absolute Gasteiger partial charge is 0.384 e. The van der Waals surface area contributed by atoms with E-state index in [0.29, 0.717) is 6.42 Å². The number of esters is 1. The molecule has 0 aromatic rings. The van der Waals surface area contributed by atoms with E-state index in [1.54, 1.807) is 0 Å². The van der Waals surface area contributed by atoms with Crippen molar-refractivity contribution in [2.75, 3.05) is 7.11 Å². The fourth-order valence-corrected chi connectivity index (χ4v) is 1.63. The van der Waals surface area contributed by atoms with Gasteiger partial charge in [-0.25, -0.2) is 4.79 Å². The highest BCUT2D eigenvalue weighted by Crippen LogP contribution is 2.08. The van der Waals surface area contributed by atoms with Gasteiger partial charge in [0.1, 0.15) is 0 Å². The molecule has 0 radical (unpaired) electrons. The van der Waals surface area contributed by atoms with Crippen LogP contribution >= 0.6 is 0 Å².